The van der Waals surface area contributed by atoms with Gasteiger partial charge >= 0.3 is 5.97 Å². The first-order chi connectivity index (χ1) is 9.66. The summed E-state index contributed by atoms with van der Waals surface area (Å²) in [4.78, 5) is 26.3. The minimum Gasteiger partial charge on any atom is -0.484 e. The number of rotatable bonds is 5. The van der Waals surface area contributed by atoms with E-state index >= 15 is 0 Å². The molecule has 1 amide bonds. The van der Waals surface area contributed by atoms with Crippen LogP contribution in [0.2, 0.25) is 0 Å². The summed E-state index contributed by atoms with van der Waals surface area (Å²) in [5.41, 5.74) is -0.0674. The number of amides is 1. The first-order valence-corrected chi connectivity index (χ1v) is 5.83. The van der Waals surface area contributed by atoms with E-state index in [0.717, 1.165) is 0 Å². The number of carboxylic acid groups (broad SMARTS) is 1. The molecule has 2 rings (SSSR count). The van der Waals surface area contributed by atoms with E-state index in [9.17, 15) is 9.59 Å². The van der Waals surface area contributed by atoms with Crippen LogP contribution >= 0.6 is 0 Å². The van der Waals surface area contributed by atoms with Crippen molar-refractivity contribution in [3.05, 3.63) is 54.4 Å². The number of carboxylic acids is 1. The third-order valence-electron chi connectivity index (χ3n) is 2.40. The lowest BCUT2D eigenvalue weighted by Gasteiger charge is -2.08. The summed E-state index contributed by atoms with van der Waals surface area (Å²) in [6.07, 6.45) is 1.35. The van der Waals surface area contributed by atoms with Gasteiger partial charge in [-0.3, -0.25) is 4.79 Å². The summed E-state index contributed by atoms with van der Waals surface area (Å²) in [7, 11) is 0. The quantitative estimate of drug-likeness (QED) is 0.866. The number of ether oxygens (including phenoxy) is 1. The number of nitrogens with zero attached hydrogens (tertiary/aromatic N) is 1. The zero-order valence-corrected chi connectivity index (χ0v) is 10.4. The maximum absolute atomic E-state index is 11.7. The molecule has 6 heteroatoms. The van der Waals surface area contributed by atoms with Crippen LogP contribution in [0.4, 0.5) is 5.69 Å². The van der Waals surface area contributed by atoms with E-state index in [4.69, 9.17) is 9.84 Å². The van der Waals surface area contributed by atoms with Crippen molar-refractivity contribution in [3.8, 4) is 5.75 Å². The molecule has 0 saturated carbocycles. The van der Waals surface area contributed by atoms with Gasteiger partial charge in [0.05, 0.1) is 5.69 Å². The van der Waals surface area contributed by atoms with Crippen molar-refractivity contribution in [2.24, 2.45) is 0 Å². The zero-order valence-electron chi connectivity index (χ0n) is 10.4. The van der Waals surface area contributed by atoms with Crippen LogP contribution in [0.15, 0.2) is 48.7 Å². The van der Waals surface area contributed by atoms with Gasteiger partial charge in [0, 0.05) is 6.20 Å². The number of aromatic carboxylic acids is 1. The van der Waals surface area contributed by atoms with Crippen LogP contribution in [0, 0.1) is 0 Å². The highest BCUT2D eigenvalue weighted by Crippen LogP contribution is 2.12. The van der Waals surface area contributed by atoms with E-state index in [1.165, 1.54) is 12.3 Å². The van der Waals surface area contributed by atoms with Crippen molar-refractivity contribution in [2.45, 2.75) is 0 Å². The molecule has 0 bridgehead atoms. The van der Waals surface area contributed by atoms with Crippen molar-refractivity contribution in [1.82, 2.24) is 4.98 Å². The van der Waals surface area contributed by atoms with Crippen LogP contribution in [0.3, 0.4) is 0 Å². The number of benzene rings is 1. The second-order valence-corrected chi connectivity index (χ2v) is 3.85. The number of carbonyl (C=O) groups excluding carboxylic acids is 1. The summed E-state index contributed by atoms with van der Waals surface area (Å²) in [5.74, 6) is -1.10. The Kier molecular flexibility index (Phi) is 4.28. The molecule has 2 aromatic rings. The third kappa shape index (κ3) is 3.55. The predicted molar refractivity (Wildman–Crippen MR) is 71.8 cm³/mol. The number of aromatic nitrogens is 1. The van der Waals surface area contributed by atoms with E-state index in [-0.39, 0.29) is 18.0 Å². The van der Waals surface area contributed by atoms with E-state index in [2.05, 4.69) is 10.3 Å². The Labute approximate surface area is 115 Å². The molecule has 0 aliphatic carbocycles. The number of anilines is 1. The molecule has 0 radical (unpaired) electrons. The number of pyridine rings is 1. The molecular weight excluding hydrogens is 260 g/mol. The summed E-state index contributed by atoms with van der Waals surface area (Å²) < 4.78 is 5.26. The number of nitrogens with one attached hydrogen (secondary N) is 1. The minimum atomic E-state index is -1.20. The summed E-state index contributed by atoms with van der Waals surface area (Å²) >= 11 is 0. The fourth-order valence-corrected chi connectivity index (χ4v) is 1.53. The molecule has 2 N–H and O–H groups in total. The molecule has 0 saturated heterocycles. The van der Waals surface area contributed by atoms with Crippen molar-refractivity contribution >= 4 is 17.6 Å². The van der Waals surface area contributed by atoms with Crippen molar-refractivity contribution in [3.63, 3.8) is 0 Å². The van der Waals surface area contributed by atoms with Gasteiger partial charge in [0.15, 0.2) is 12.3 Å². The molecule has 1 aromatic carbocycles. The van der Waals surface area contributed by atoms with Gasteiger partial charge in [0.1, 0.15) is 5.75 Å². The Morgan fingerprint density at radius 1 is 1.15 bits per heavy atom. The standard InChI is InChI=1S/C14H12N2O4/c17-12(9-20-10-5-2-1-3-6-10)16-11-7-4-8-15-13(11)14(18)19/h1-8H,9H2,(H,16,17)(H,18,19). The maximum Gasteiger partial charge on any atom is 0.356 e. The molecule has 0 unspecified atom stereocenters. The summed E-state index contributed by atoms with van der Waals surface area (Å²) in [5, 5.41) is 11.4. The number of hydrogen-bond donors (Lipinski definition) is 2. The van der Waals surface area contributed by atoms with E-state index in [1.54, 1.807) is 30.3 Å². The Hall–Kier alpha value is -2.89. The third-order valence-corrected chi connectivity index (χ3v) is 2.40. The van der Waals surface area contributed by atoms with Gasteiger partial charge in [-0.1, -0.05) is 18.2 Å². The molecule has 0 aliphatic rings. The number of carbonyl (C=O) groups is 2. The number of hydrogen-bond acceptors (Lipinski definition) is 4. The van der Waals surface area contributed by atoms with Gasteiger partial charge in [-0.25, -0.2) is 9.78 Å². The van der Waals surface area contributed by atoms with Crippen LogP contribution in [0.25, 0.3) is 0 Å². The van der Waals surface area contributed by atoms with Crippen LogP contribution in [0.5, 0.6) is 5.75 Å². The Bertz CT molecular complexity index is 614. The van der Waals surface area contributed by atoms with E-state index < -0.39 is 11.9 Å². The van der Waals surface area contributed by atoms with Crippen molar-refractivity contribution in [2.75, 3.05) is 11.9 Å². The van der Waals surface area contributed by atoms with E-state index in [0.29, 0.717) is 5.75 Å². The summed E-state index contributed by atoms with van der Waals surface area (Å²) in [6.45, 7) is -0.210. The van der Waals surface area contributed by atoms with Crippen molar-refractivity contribution < 1.29 is 19.4 Å². The Morgan fingerprint density at radius 3 is 2.60 bits per heavy atom. The zero-order chi connectivity index (χ0) is 14.4. The van der Waals surface area contributed by atoms with Crippen LogP contribution in [-0.4, -0.2) is 28.6 Å². The highest BCUT2D eigenvalue weighted by Gasteiger charge is 2.13. The highest BCUT2D eigenvalue weighted by atomic mass is 16.5. The molecule has 6 nitrogen and oxygen atoms in total. The normalized spacial score (nSPS) is 9.80. The van der Waals surface area contributed by atoms with Gasteiger partial charge in [-0.05, 0) is 24.3 Å². The summed E-state index contributed by atoms with van der Waals surface area (Å²) in [6, 6.07) is 11.9. The average Bonchev–Trinajstić information content (AvgIpc) is 2.46. The van der Waals surface area contributed by atoms with Gasteiger partial charge in [0.25, 0.3) is 5.91 Å². The van der Waals surface area contributed by atoms with Gasteiger partial charge < -0.3 is 15.2 Å². The number of para-hydroxylation sites is 1. The second-order valence-electron chi connectivity index (χ2n) is 3.85. The first-order valence-electron chi connectivity index (χ1n) is 5.83. The Balaban J connectivity index is 1.97. The second kappa shape index (κ2) is 6.33. The predicted octanol–water partition coefficient (Wildman–Crippen LogP) is 1.80. The van der Waals surface area contributed by atoms with Gasteiger partial charge in [0.2, 0.25) is 0 Å². The van der Waals surface area contributed by atoms with E-state index in [1.807, 2.05) is 6.07 Å². The lowest BCUT2D eigenvalue weighted by atomic mass is 10.3. The monoisotopic (exact) mass is 272 g/mol. The molecule has 0 atom stereocenters. The van der Waals surface area contributed by atoms with Gasteiger partial charge in [-0.2, -0.15) is 0 Å². The highest BCUT2D eigenvalue weighted by molar-refractivity contribution is 5.99. The molecule has 0 fully saturated rings. The van der Waals surface area contributed by atoms with Gasteiger partial charge in [-0.15, -0.1) is 0 Å². The topological polar surface area (TPSA) is 88.5 Å². The molecule has 0 aliphatic heterocycles. The molecular formula is C14H12N2O4. The largest absolute Gasteiger partial charge is 0.484 e. The lowest BCUT2D eigenvalue weighted by molar-refractivity contribution is -0.118. The average molecular weight is 272 g/mol. The fraction of sp³-hybridized carbons (Fsp3) is 0.0714. The van der Waals surface area contributed by atoms with Crippen LogP contribution in [-0.2, 0) is 4.79 Å². The SMILES string of the molecule is O=C(COc1ccccc1)Nc1cccnc1C(=O)O. The molecule has 1 heterocycles. The molecule has 20 heavy (non-hydrogen) atoms. The maximum atomic E-state index is 11.7. The fourth-order valence-electron chi connectivity index (χ4n) is 1.53. The molecule has 102 valence electrons. The lowest BCUT2D eigenvalue weighted by Crippen LogP contribution is -2.22. The molecule has 0 spiro atoms. The van der Waals surface area contributed by atoms with Crippen molar-refractivity contribution in [1.29, 1.82) is 0 Å². The van der Waals surface area contributed by atoms with Crippen LogP contribution < -0.4 is 10.1 Å². The van der Waals surface area contributed by atoms with Crippen LogP contribution in [0.1, 0.15) is 10.5 Å². The Morgan fingerprint density at radius 2 is 1.90 bits per heavy atom. The smallest absolute Gasteiger partial charge is 0.356 e. The minimum absolute atomic E-state index is 0.140. The first kappa shape index (κ1) is 13.5. The molecule has 1 aromatic heterocycles.